The molecule has 3 aromatic rings. The van der Waals surface area contributed by atoms with Crippen LogP contribution in [0.25, 0.3) is 0 Å². The van der Waals surface area contributed by atoms with Crippen LogP contribution in [0.15, 0.2) is 67.0 Å². The number of hydrogen-bond acceptors (Lipinski definition) is 4. The largest absolute Gasteiger partial charge is 0.492 e. The molecule has 0 spiro atoms. The van der Waals surface area contributed by atoms with Gasteiger partial charge in [-0.1, -0.05) is 39.0 Å². The quantitative estimate of drug-likeness (QED) is 0.535. The van der Waals surface area contributed by atoms with Gasteiger partial charge in [-0.2, -0.15) is 0 Å². The number of ether oxygens (including phenoxy) is 2. The van der Waals surface area contributed by atoms with Gasteiger partial charge in [0.05, 0.1) is 18.0 Å². The average molecular weight is 367 g/mol. The normalized spacial score (nSPS) is 9.22. The number of aryl methyl sites for hydroxylation is 2. The number of pyridine rings is 2. The summed E-state index contributed by atoms with van der Waals surface area (Å²) >= 11 is 0. The topological polar surface area (TPSA) is 44.2 Å². The minimum absolute atomic E-state index is 0.701. The van der Waals surface area contributed by atoms with Gasteiger partial charge in [0.15, 0.2) is 0 Å². The summed E-state index contributed by atoms with van der Waals surface area (Å²) in [6, 6.07) is 17.4. The lowest BCUT2D eigenvalue weighted by Crippen LogP contribution is -1.94. The van der Waals surface area contributed by atoms with E-state index in [-0.39, 0.29) is 0 Å². The van der Waals surface area contributed by atoms with Crippen LogP contribution in [0, 0.1) is 6.92 Å². The molecule has 27 heavy (non-hydrogen) atoms. The molecule has 0 aliphatic carbocycles. The Hall–Kier alpha value is -2.88. The number of hydrogen-bond donors (Lipinski definition) is 0. The standard InChI is InChI=1S/C13H13NO.C8H11NO.C2H6/c1-2-12-13(9-6-10-14-12)15-11-7-4-3-5-8-11;1-3-10-8-5-4-6-9-7(8)2;1-2/h3-10H,2H2,1H3;4-6H,3H2,1-2H3;1-2H3. The molecule has 0 unspecified atom stereocenters. The highest BCUT2D eigenvalue weighted by Crippen LogP contribution is 2.23. The van der Waals surface area contributed by atoms with E-state index in [1.165, 1.54) is 0 Å². The Morgan fingerprint density at radius 2 is 1.41 bits per heavy atom. The first-order valence-corrected chi connectivity index (χ1v) is 9.45. The zero-order valence-corrected chi connectivity index (χ0v) is 17.0. The summed E-state index contributed by atoms with van der Waals surface area (Å²) in [5.41, 5.74) is 1.94. The fourth-order valence-electron chi connectivity index (χ4n) is 2.17. The van der Waals surface area contributed by atoms with Crippen LogP contribution in [-0.4, -0.2) is 16.6 Å². The van der Waals surface area contributed by atoms with Crippen LogP contribution in [0.3, 0.4) is 0 Å². The second-order valence-electron chi connectivity index (χ2n) is 5.24. The Morgan fingerprint density at radius 3 is 2.00 bits per heavy atom. The van der Waals surface area contributed by atoms with Crippen LogP contribution >= 0.6 is 0 Å². The highest BCUT2D eigenvalue weighted by Gasteiger charge is 2.02. The maximum atomic E-state index is 5.74. The van der Waals surface area contributed by atoms with Crippen molar-refractivity contribution in [2.75, 3.05) is 6.61 Å². The molecule has 0 aliphatic rings. The van der Waals surface area contributed by atoms with Gasteiger partial charge in [-0.3, -0.25) is 9.97 Å². The predicted octanol–water partition coefficient (Wildman–Crippen LogP) is 6.25. The van der Waals surface area contributed by atoms with Crippen molar-refractivity contribution in [1.29, 1.82) is 0 Å². The van der Waals surface area contributed by atoms with E-state index in [9.17, 15) is 0 Å². The Bertz CT molecular complexity index is 761. The van der Waals surface area contributed by atoms with Crippen LogP contribution in [0.1, 0.15) is 39.1 Å². The molecule has 0 saturated heterocycles. The van der Waals surface area contributed by atoms with Crippen molar-refractivity contribution in [3.63, 3.8) is 0 Å². The third kappa shape index (κ3) is 7.90. The number of aromatic nitrogens is 2. The SMILES string of the molecule is CC.CCOc1cccnc1C.CCc1ncccc1Oc1ccccc1. The second kappa shape index (κ2) is 13.3. The predicted molar refractivity (Wildman–Crippen MR) is 112 cm³/mol. The van der Waals surface area contributed by atoms with Gasteiger partial charge in [-0.05, 0) is 56.7 Å². The first-order chi connectivity index (χ1) is 13.2. The van der Waals surface area contributed by atoms with Gasteiger partial charge >= 0.3 is 0 Å². The van der Waals surface area contributed by atoms with Gasteiger partial charge in [0.2, 0.25) is 0 Å². The van der Waals surface area contributed by atoms with Crippen molar-refractivity contribution in [3.8, 4) is 17.2 Å². The molecule has 2 aromatic heterocycles. The van der Waals surface area contributed by atoms with Gasteiger partial charge in [0.25, 0.3) is 0 Å². The molecular weight excluding hydrogens is 336 g/mol. The van der Waals surface area contributed by atoms with E-state index in [0.717, 1.165) is 35.1 Å². The monoisotopic (exact) mass is 366 g/mol. The lowest BCUT2D eigenvalue weighted by molar-refractivity contribution is 0.336. The number of nitrogens with zero attached hydrogens (tertiary/aromatic N) is 2. The van der Waals surface area contributed by atoms with Gasteiger partial charge in [-0.15, -0.1) is 0 Å². The van der Waals surface area contributed by atoms with E-state index in [1.54, 1.807) is 12.4 Å². The zero-order chi connectivity index (χ0) is 19.9. The number of benzene rings is 1. The molecule has 3 rings (SSSR count). The lowest BCUT2D eigenvalue weighted by atomic mass is 10.2. The molecule has 0 saturated carbocycles. The van der Waals surface area contributed by atoms with Crippen LogP contribution in [0.2, 0.25) is 0 Å². The maximum absolute atomic E-state index is 5.74. The van der Waals surface area contributed by atoms with Gasteiger partial charge in [0.1, 0.15) is 17.2 Å². The molecule has 0 N–H and O–H groups in total. The summed E-state index contributed by atoms with van der Waals surface area (Å²) in [5.74, 6) is 2.57. The minimum atomic E-state index is 0.701. The van der Waals surface area contributed by atoms with Crippen LogP contribution in [-0.2, 0) is 6.42 Å². The lowest BCUT2D eigenvalue weighted by Gasteiger charge is -2.08. The maximum Gasteiger partial charge on any atom is 0.148 e. The van der Waals surface area contributed by atoms with Crippen molar-refractivity contribution in [2.24, 2.45) is 0 Å². The highest BCUT2D eigenvalue weighted by atomic mass is 16.5. The molecule has 0 bridgehead atoms. The second-order valence-corrected chi connectivity index (χ2v) is 5.24. The Balaban J connectivity index is 0.000000265. The smallest absolute Gasteiger partial charge is 0.148 e. The van der Waals surface area contributed by atoms with E-state index >= 15 is 0 Å². The Labute approximate surface area is 163 Å². The molecular formula is C23H30N2O2. The van der Waals surface area contributed by atoms with E-state index in [0.29, 0.717) is 6.61 Å². The summed E-state index contributed by atoms with van der Waals surface area (Å²) in [6.07, 6.45) is 4.43. The molecule has 0 fully saturated rings. The zero-order valence-electron chi connectivity index (χ0n) is 17.0. The van der Waals surface area contributed by atoms with Gasteiger partial charge in [0, 0.05) is 12.4 Å². The van der Waals surface area contributed by atoms with Crippen molar-refractivity contribution in [2.45, 2.75) is 41.0 Å². The summed E-state index contributed by atoms with van der Waals surface area (Å²) in [5, 5.41) is 0. The van der Waals surface area contributed by atoms with Crippen LogP contribution < -0.4 is 9.47 Å². The molecule has 0 aliphatic heterocycles. The summed E-state index contributed by atoms with van der Waals surface area (Å²) in [6.45, 7) is 10.7. The van der Waals surface area contributed by atoms with Crippen molar-refractivity contribution in [1.82, 2.24) is 9.97 Å². The first-order valence-electron chi connectivity index (χ1n) is 9.45. The fourth-order valence-corrected chi connectivity index (χ4v) is 2.17. The van der Waals surface area contributed by atoms with Gasteiger partial charge in [-0.25, -0.2) is 0 Å². The van der Waals surface area contributed by atoms with E-state index in [1.807, 2.05) is 82.3 Å². The Kier molecular flexibility index (Phi) is 10.9. The molecule has 4 heteroatoms. The Morgan fingerprint density at radius 1 is 0.778 bits per heavy atom. The van der Waals surface area contributed by atoms with Crippen molar-refractivity contribution >= 4 is 0 Å². The highest BCUT2D eigenvalue weighted by molar-refractivity contribution is 5.33. The molecule has 144 valence electrons. The van der Waals surface area contributed by atoms with E-state index < -0.39 is 0 Å². The van der Waals surface area contributed by atoms with Crippen molar-refractivity contribution < 1.29 is 9.47 Å². The molecule has 0 amide bonds. The van der Waals surface area contributed by atoms with Crippen LogP contribution in [0.4, 0.5) is 0 Å². The van der Waals surface area contributed by atoms with Crippen molar-refractivity contribution in [3.05, 3.63) is 78.4 Å². The molecule has 2 heterocycles. The summed E-state index contributed by atoms with van der Waals surface area (Å²) < 4.78 is 11.0. The van der Waals surface area contributed by atoms with E-state index in [2.05, 4.69) is 16.9 Å². The first kappa shape index (κ1) is 22.2. The third-order valence-corrected chi connectivity index (χ3v) is 3.41. The van der Waals surface area contributed by atoms with Crippen LogP contribution in [0.5, 0.6) is 17.2 Å². The minimum Gasteiger partial charge on any atom is -0.492 e. The molecule has 0 radical (unpaired) electrons. The molecule has 4 nitrogen and oxygen atoms in total. The van der Waals surface area contributed by atoms with Gasteiger partial charge < -0.3 is 9.47 Å². The fraction of sp³-hybridized carbons (Fsp3) is 0.304. The molecule has 0 atom stereocenters. The number of rotatable bonds is 5. The summed E-state index contributed by atoms with van der Waals surface area (Å²) in [7, 11) is 0. The number of para-hydroxylation sites is 1. The average Bonchev–Trinajstić information content (AvgIpc) is 2.73. The molecule has 1 aromatic carbocycles. The van der Waals surface area contributed by atoms with E-state index in [4.69, 9.17) is 9.47 Å². The summed E-state index contributed by atoms with van der Waals surface area (Å²) in [4.78, 5) is 8.34. The third-order valence-electron chi connectivity index (χ3n) is 3.41.